The van der Waals surface area contributed by atoms with Gasteiger partial charge in [-0.15, -0.1) is 0 Å². The first-order valence-corrected chi connectivity index (χ1v) is 8.05. The maximum absolute atomic E-state index is 12.4. The van der Waals surface area contributed by atoms with Crippen molar-refractivity contribution in [1.29, 1.82) is 0 Å². The van der Waals surface area contributed by atoms with Gasteiger partial charge in [-0.25, -0.2) is 4.98 Å². The van der Waals surface area contributed by atoms with E-state index in [9.17, 15) is 4.79 Å². The first-order valence-electron chi connectivity index (χ1n) is 8.05. The van der Waals surface area contributed by atoms with Gasteiger partial charge in [0.15, 0.2) is 0 Å². The van der Waals surface area contributed by atoms with Crippen LogP contribution in [0.25, 0.3) is 0 Å². The Morgan fingerprint density at radius 2 is 1.83 bits per heavy atom. The number of hydrogen-bond acceptors (Lipinski definition) is 5. The summed E-state index contributed by atoms with van der Waals surface area (Å²) < 4.78 is 0. The van der Waals surface area contributed by atoms with Gasteiger partial charge in [0.25, 0.3) is 5.91 Å². The van der Waals surface area contributed by atoms with Crippen LogP contribution in [0.5, 0.6) is 0 Å². The number of nitrogens with one attached hydrogen (secondary N) is 1. The highest BCUT2D eigenvalue weighted by atomic mass is 16.2. The van der Waals surface area contributed by atoms with Gasteiger partial charge in [-0.1, -0.05) is 0 Å². The maximum atomic E-state index is 12.4. The van der Waals surface area contributed by atoms with Crippen molar-refractivity contribution in [1.82, 2.24) is 19.8 Å². The quantitative estimate of drug-likeness (QED) is 0.800. The number of carbonyl (C=O) groups excluding carboxylic acids is 1. The Balaban J connectivity index is 1.84. The molecule has 0 aliphatic rings. The van der Waals surface area contributed by atoms with Gasteiger partial charge >= 0.3 is 0 Å². The molecule has 6 heteroatoms. The summed E-state index contributed by atoms with van der Waals surface area (Å²) in [5.74, 6) is -0.0658. The van der Waals surface area contributed by atoms with Gasteiger partial charge in [-0.05, 0) is 50.3 Å². The van der Waals surface area contributed by atoms with Crippen molar-refractivity contribution in [2.24, 2.45) is 0 Å². The fourth-order valence-electron chi connectivity index (χ4n) is 2.19. The zero-order chi connectivity index (χ0) is 17.4. The molecule has 0 saturated carbocycles. The van der Waals surface area contributed by atoms with E-state index in [0.29, 0.717) is 12.2 Å². The standard InChI is InChI=1S/C18H25N5O/c1-22(2)13-11-20-16-4-5-17(21-14-16)18(24)23(3)12-8-15-6-9-19-10-7-15/h4-7,9-10,14,20H,8,11-13H2,1-3H3. The molecule has 128 valence electrons. The maximum Gasteiger partial charge on any atom is 0.272 e. The van der Waals surface area contributed by atoms with Gasteiger partial charge in [-0.3, -0.25) is 9.78 Å². The molecule has 0 aliphatic heterocycles. The summed E-state index contributed by atoms with van der Waals surface area (Å²) >= 11 is 0. The van der Waals surface area contributed by atoms with Crippen molar-refractivity contribution in [2.45, 2.75) is 6.42 Å². The van der Waals surface area contributed by atoms with E-state index in [0.717, 1.165) is 30.8 Å². The lowest BCUT2D eigenvalue weighted by Crippen LogP contribution is -2.29. The van der Waals surface area contributed by atoms with Crippen LogP contribution in [-0.4, -0.2) is 66.5 Å². The summed E-state index contributed by atoms with van der Waals surface area (Å²) in [5.41, 5.74) is 2.55. The normalized spacial score (nSPS) is 10.7. The molecule has 1 N–H and O–H groups in total. The lowest BCUT2D eigenvalue weighted by molar-refractivity contribution is 0.0791. The third-order valence-corrected chi connectivity index (χ3v) is 3.70. The Kier molecular flexibility index (Phi) is 6.69. The molecule has 2 aromatic heterocycles. The number of pyridine rings is 2. The van der Waals surface area contributed by atoms with Gasteiger partial charge < -0.3 is 15.1 Å². The fraction of sp³-hybridized carbons (Fsp3) is 0.389. The zero-order valence-electron chi connectivity index (χ0n) is 14.6. The van der Waals surface area contributed by atoms with Gasteiger partial charge in [0.05, 0.1) is 11.9 Å². The monoisotopic (exact) mass is 327 g/mol. The van der Waals surface area contributed by atoms with Crippen molar-refractivity contribution in [3.05, 3.63) is 54.1 Å². The number of hydrogen-bond donors (Lipinski definition) is 1. The minimum Gasteiger partial charge on any atom is -0.383 e. The Labute approximate surface area is 143 Å². The van der Waals surface area contributed by atoms with E-state index in [1.54, 1.807) is 36.6 Å². The van der Waals surface area contributed by atoms with Crippen LogP contribution in [0.3, 0.4) is 0 Å². The molecule has 0 saturated heterocycles. The Hall–Kier alpha value is -2.47. The molecule has 24 heavy (non-hydrogen) atoms. The van der Waals surface area contributed by atoms with Crippen LogP contribution in [0, 0.1) is 0 Å². The van der Waals surface area contributed by atoms with E-state index in [4.69, 9.17) is 0 Å². The minimum absolute atomic E-state index is 0.0658. The topological polar surface area (TPSA) is 61.4 Å². The SMILES string of the molecule is CN(C)CCNc1ccc(C(=O)N(C)CCc2ccncc2)nc1. The molecule has 1 amide bonds. The summed E-state index contributed by atoms with van der Waals surface area (Å²) in [6.07, 6.45) is 6.04. The predicted molar refractivity (Wildman–Crippen MR) is 96.2 cm³/mol. The molecule has 2 aromatic rings. The smallest absolute Gasteiger partial charge is 0.272 e. The van der Waals surface area contributed by atoms with Crippen LogP contribution < -0.4 is 5.32 Å². The highest BCUT2D eigenvalue weighted by molar-refractivity contribution is 5.92. The molecule has 2 heterocycles. The summed E-state index contributed by atoms with van der Waals surface area (Å²) in [6, 6.07) is 7.59. The second-order valence-corrected chi connectivity index (χ2v) is 5.99. The largest absolute Gasteiger partial charge is 0.383 e. The number of anilines is 1. The number of likely N-dealkylation sites (N-methyl/N-ethyl adjacent to an activating group) is 2. The lowest BCUT2D eigenvalue weighted by Gasteiger charge is -2.17. The molecule has 6 nitrogen and oxygen atoms in total. The van der Waals surface area contributed by atoms with Crippen molar-refractivity contribution >= 4 is 11.6 Å². The van der Waals surface area contributed by atoms with Crippen LogP contribution in [0.4, 0.5) is 5.69 Å². The Morgan fingerprint density at radius 3 is 2.46 bits per heavy atom. The van der Waals surface area contributed by atoms with E-state index in [-0.39, 0.29) is 5.91 Å². The first-order chi connectivity index (χ1) is 11.6. The highest BCUT2D eigenvalue weighted by Crippen LogP contribution is 2.08. The van der Waals surface area contributed by atoms with Crippen LogP contribution >= 0.6 is 0 Å². The highest BCUT2D eigenvalue weighted by Gasteiger charge is 2.12. The summed E-state index contributed by atoms with van der Waals surface area (Å²) in [7, 11) is 5.86. The molecule has 0 unspecified atom stereocenters. The zero-order valence-corrected chi connectivity index (χ0v) is 14.6. The summed E-state index contributed by atoms with van der Waals surface area (Å²) in [5, 5.41) is 3.28. The first kappa shape index (κ1) is 17.9. The van der Waals surface area contributed by atoms with Crippen molar-refractivity contribution in [3.8, 4) is 0 Å². The summed E-state index contributed by atoms with van der Waals surface area (Å²) in [6.45, 7) is 2.43. The van der Waals surface area contributed by atoms with Crippen LogP contribution in [-0.2, 0) is 6.42 Å². The second kappa shape index (κ2) is 8.98. The minimum atomic E-state index is -0.0658. The average molecular weight is 327 g/mol. The molecule has 0 radical (unpaired) electrons. The number of amides is 1. The molecular weight excluding hydrogens is 302 g/mol. The Bertz CT molecular complexity index is 628. The lowest BCUT2D eigenvalue weighted by atomic mass is 10.2. The third-order valence-electron chi connectivity index (χ3n) is 3.70. The number of nitrogens with zero attached hydrogens (tertiary/aromatic N) is 4. The summed E-state index contributed by atoms with van der Waals surface area (Å²) in [4.78, 5) is 24.5. The van der Waals surface area contributed by atoms with Crippen LogP contribution in [0.1, 0.15) is 16.1 Å². The van der Waals surface area contributed by atoms with Crippen LogP contribution in [0.15, 0.2) is 42.9 Å². The molecule has 0 atom stereocenters. The van der Waals surface area contributed by atoms with Gasteiger partial charge in [0, 0.05) is 39.1 Å². The molecule has 0 spiro atoms. The second-order valence-electron chi connectivity index (χ2n) is 5.99. The van der Waals surface area contributed by atoms with E-state index in [1.165, 1.54) is 0 Å². The Morgan fingerprint density at radius 1 is 1.08 bits per heavy atom. The fourth-order valence-corrected chi connectivity index (χ4v) is 2.19. The van der Waals surface area contributed by atoms with Gasteiger partial charge in [0.2, 0.25) is 0 Å². The molecule has 0 bridgehead atoms. The van der Waals surface area contributed by atoms with E-state index < -0.39 is 0 Å². The molecule has 0 fully saturated rings. The molecule has 0 aromatic carbocycles. The average Bonchev–Trinajstić information content (AvgIpc) is 2.60. The molecular formula is C18H25N5O. The third kappa shape index (κ3) is 5.62. The van der Waals surface area contributed by atoms with E-state index in [1.807, 2.05) is 32.3 Å². The predicted octanol–water partition coefficient (Wildman–Crippen LogP) is 1.76. The number of carbonyl (C=O) groups is 1. The molecule has 2 rings (SSSR count). The van der Waals surface area contributed by atoms with Gasteiger partial charge in [0.1, 0.15) is 5.69 Å². The number of aromatic nitrogens is 2. The van der Waals surface area contributed by atoms with Crippen molar-refractivity contribution in [2.75, 3.05) is 46.1 Å². The molecule has 0 aliphatic carbocycles. The van der Waals surface area contributed by atoms with E-state index >= 15 is 0 Å². The van der Waals surface area contributed by atoms with Crippen molar-refractivity contribution in [3.63, 3.8) is 0 Å². The van der Waals surface area contributed by atoms with Gasteiger partial charge in [-0.2, -0.15) is 0 Å². The van der Waals surface area contributed by atoms with Crippen LogP contribution in [0.2, 0.25) is 0 Å². The number of rotatable bonds is 8. The van der Waals surface area contributed by atoms with Crippen molar-refractivity contribution < 1.29 is 4.79 Å². The van der Waals surface area contributed by atoms with E-state index in [2.05, 4.69) is 20.2 Å².